The molecule has 1 fully saturated rings. The molecule has 0 bridgehead atoms. The van der Waals surface area contributed by atoms with Crippen LogP contribution >= 0.6 is 11.3 Å². The summed E-state index contributed by atoms with van der Waals surface area (Å²) in [4.78, 5) is 8.18. The van der Waals surface area contributed by atoms with Crippen molar-refractivity contribution in [3.8, 4) is 11.1 Å². The van der Waals surface area contributed by atoms with E-state index in [0.717, 1.165) is 6.42 Å². The van der Waals surface area contributed by atoms with Gasteiger partial charge in [0, 0.05) is 71.0 Å². The third kappa shape index (κ3) is 6.90. The van der Waals surface area contributed by atoms with Crippen LogP contribution in [0.4, 0.5) is 45.5 Å². The van der Waals surface area contributed by atoms with Crippen molar-refractivity contribution in [1.29, 1.82) is 0 Å². The van der Waals surface area contributed by atoms with Gasteiger partial charge in [-0.25, -0.2) is 0 Å². The number of thiophene rings is 1. The van der Waals surface area contributed by atoms with Gasteiger partial charge in [-0.3, -0.25) is 0 Å². The van der Waals surface area contributed by atoms with E-state index in [9.17, 15) is 0 Å². The Morgan fingerprint density at radius 3 is 1.73 bits per heavy atom. The van der Waals surface area contributed by atoms with Gasteiger partial charge >= 0.3 is 0 Å². The van der Waals surface area contributed by atoms with Crippen LogP contribution in [0, 0.1) is 0 Å². The number of hydrogen-bond acceptors (Lipinski definition) is 4. The summed E-state index contributed by atoms with van der Waals surface area (Å²) in [5.74, 6) is 0. The Labute approximate surface area is 438 Å². The zero-order chi connectivity index (χ0) is 50.6. The van der Waals surface area contributed by atoms with Crippen molar-refractivity contribution in [2.24, 2.45) is 0 Å². The molecular formula is C68H68BN3S. The van der Waals surface area contributed by atoms with Gasteiger partial charge in [0.25, 0.3) is 6.71 Å². The molecule has 73 heavy (non-hydrogen) atoms. The fraction of sp³-hybridized carbons (Fsp3) is 0.294. The lowest BCUT2D eigenvalue weighted by Crippen LogP contribution is -2.61. The van der Waals surface area contributed by atoms with Crippen molar-refractivity contribution in [1.82, 2.24) is 0 Å². The average Bonchev–Trinajstić information content (AvgIpc) is 3.84. The normalized spacial score (nSPS) is 19.2. The van der Waals surface area contributed by atoms with E-state index in [-0.39, 0.29) is 33.9 Å². The molecule has 0 amide bonds. The molecule has 5 heteroatoms. The number of para-hydroxylation sites is 1. The van der Waals surface area contributed by atoms with E-state index < -0.39 is 0 Å². The fourth-order valence-corrected chi connectivity index (χ4v) is 14.7. The molecule has 364 valence electrons. The molecule has 3 nitrogen and oxygen atoms in total. The maximum absolute atomic E-state index is 2.81. The van der Waals surface area contributed by atoms with Crippen molar-refractivity contribution in [3.05, 3.63) is 186 Å². The summed E-state index contributed by atoms with van der Waals surface area (Å²) in [5, 5.41) is 2.63. The molecular weight excluding hydrogens is 902 g/mol. The molecule has 0 spiro atoms. The van der Waals surface area contributed by atoms with E-state index in [1.165, 1.54) is 135 Å². The van der Waals surface area contributed by atoms with Gasteiger partial charge in [0.1, 0.15) is 0 Å². The molecule has 1 saturated carbocycles. The van der Waals surface area contributed by atoms with Crippen LogP contribution in [0.25, 0.3) is 31.3 Å². The first-order valence-electron chi connectivity index (χ1n) is 26.9. The van der Waals surface area contributed by atoms with E-state index in [4.69, 9.17) is 0 Å². The Bertz CT molecular complexity index is 3710. The van der Waals surface area contributed by atoms with Crippen LogP contribution in [-0.4, -0.2) is 12.3 Å². The predicted molar refractivity (Wildman–Crippen MR) is 318 cm³/mol. The van der Waals surface area contributed by atoms with Crippen LogP contribution in [0.2, 0.25) is 0 Å². The quantitative estimate of drug-likeness (QED) is 0.163. The first-order chi connectivity index (χ1) is 34.8. The summed E-state index contributed by atoms with van der Waals surface area (Å²) in [6, 6.07) is 64.3. The molecule has 8 aromatic carbocycles. The molecule has 3 aliphatic heterocycles. The highest BCUT2D eigenvalue weighted by Crippen LogP contribution is 2.62. The first kappa shape index (κ1) is 46.2. The Kier molecular flexibility index (Phi) is 10.1. The standard InChI is InChI=1S/C68H68BN3S/c1-64(2,3)44-29-33-55(50(37-44)43-21-13-12-14-22-43)71-58-39-46(66(7,8)9)28-32-54(58)69-53-31-27-45(65(4,5)6)38-57(53)70(47-30-34-62-51(40-47)49-23-15-18-26-61(49)73-62)59-41-48(42-60(71)63(59)69)72-56-25-17-16-24-52(56)67(10)35-19-20-36-68(67,72)11/h12-18,21-34,37-42H,19-20,35-36H2,1-11H3. The Hall–Kier alpha value is -6.56. The summed E-state index contributed by atoms with van der Waals surface area (Å²) in [6.45, 7) is 26.3. The third-order valence-electron chi connectivity index (χ3n) is 17.9. The molecule has 2 unspecified atom stereocenters. The van der Waals surface area contributed by atoms with Crippen LogP contribution in [0.1, 0.15) is 124 Å². The Morgan fingerprint density at radius 2 is 1.03 bits per heavy atom. The smallest absolute Gasteiger partial charge is 0.252 e. The second kappa shape index (κ2) is 16.0. The highest BCUT2D eigenvalue weighted by atomic mass is 32.1. The molecule has 4 aliphatic rings. The molecule has 0 radical (unpaired) electrons. The van der Waals surface area contributed by atoms with Crippen molar-refractivity contribution < 1.29 is 0 Å². The van der Waals surface area contributed by atoms with Gasteiger partial charge in [-0.15, -0.1) is 11.3 Å². The highest BCUT2D eigenvalue weighted by molar-refractivity contribution is 7.25. The van der Waals surface area contributed by atoms with Crippen molar-refractivity contribution in [2.45, 2.75) is 129 Å². The van der Waals surface area contributed by atoms with Gasteiger partial charge in [0.2, 0.25) is 0 Å². The second-order valence-corrected chi connectivity index (χ2v) is 26.4. The molecule has 0 N–H and O–H groups in total. The zero-order valence-electron chi connectivity index (χ0n) is 44.7. The average molecular weight is 970 g/mol. The molecule has 13 rings (SSSR count). The lowest BCUT2D eigenvalue weighted by molar-refractivity contribution is 0.195. The summed E-state index contributed by atoms with van der Waals surface area (Å²) in [5.41, 5.74) is 21.7. The van der Waals surface area contributed by atoms with Crippen LogP contribution in [-0.2, 0) is 21.7 Å². The zero-order valence-corrected chi connectivity index (χ0v) is 45.6. The maximum atomic E-state index is 2.81. The SMILES string of the molecule is CC(C)(C)c1ccc(N2c3cc(C(C)(C)C)ccc3B3c4ccc(C(C)(C)C)cc4N(c4ccc5sc6ccccc6c5c4)c4cc(N5c6ccccc6C6(C)CCCCC56C)cc2c43)c(-c2ccccc2)c1. The summed E-state index contributed by atoms with van der Waals surface area (Å²) >= 11 is 1.89. The number of rotatable bonds is 4. The Morgan fingerprint density at radius 1 is 0.452 bits per heavy atom. The fourth-order valence-electron chi connectivity index (χ4n) is 13.6. The number of benzene rings is 8. The maximum Gasteiger partial charge on any atom is 0.252 e. The van der Waals surface area contributed by atoms with Gasteiger partial charge in [-0.2, -0.15) is 0 Å². The van der Waals surface area contributed by atoms with Crippen molar-refractivity contribution in [3.63, 3.8) is 0 Å². The van der Waals surface area contributed by atoms with E-state index in [1.807, 2.05) is 11.3 Å². The van der Waals surface area contributed by atoms with Gasteiger partial charge in [0.05, 0.1) is 11.2 Å². The van der Waals surface area contributed by atoms with Gasteiger partial charge in [0.15, 0.2) is 0 Å². The largest absolute Gasteiger partial charge is 0.334 e. The predicted octanol–water partition coefficient (Wildman–Crippen LogP) is 17.4. The molecule has 1 aromatic heterocycles. The number of fused-ring (bicyclic) bond motifs is 10. The number of hydrogen-bond donors (Lipinski definition) is 0. The molecule has 9 aromatic rings. The van der Waals surface area contributed by atoms with Crippen molar-refractivity contribution in [2.75, 3.05) is 14.7 Å². The number of anilines is 8. The Balaban J connectivity index is 1.19. The lowest BCUT2D eigenvalue weighted by atomic mass is 9.33. The van der Waals surface area contributed by atoms with E-state index >= 15 is 0 Å². The van der Waals surface area contributed by atoms with Crippen molar-refractivity contribution >= 4 is 100 Å². The van der Waals surface area contributed by atoms with E-state index in [2.05, 4.69) is 255 Å². The number of nitrogens with zero attached hydrogens (tertiary/aromatic N) is 3. The first-order valence-corrected chi connectivity index (χ1v) is 27.7. The van der Waals surface area contributed by atoms with Crippen LogP contribution in [0.5, 0.6) is 0 Å². The van der Waals surface area contributed by atoms with Crippen LogP contribution in [0.3, 0.4) is 0 Å². The van der Waals surface area contributed by atoms with Gasteiger partial charge in [-0.05, 0) is 147 Å². The molecule has 2 atom stereocenters. The van der Waals surface area contributed by atoms with Gasteiger partial charge in [-0.1, -0.05) is 179 Å². The summed E-state index contributed by atoms with van der Waals surface area (Å²) in [6.07, 6.45) is 4.77. The van der Waals surface area contributed by atoms with Crippen LogP contribution < -0.4 is 31.1 Å². The molecule has 0 saturated heterocycles. The van der Waals surface area contributed by atoms with Crippen LogP contribution in [0.15, 0.2) is 164 Å². The van der Waals surface area contributed by atoms with E-state index in [0.29, 0.717) is 0 Å². The summed E-state index contributed by atoms with van der Waals surface area (Å²) in [7, 11) is 0. The van der Waals surface area contributed by atoms with Gasteiger partial charge < -0.3 is 14.7 Å². The second-order valence-electron chi connectivity index (χ2n) is 25.3. The molecule has 1 aliphatic carbocycles. The molecule has 4 heterocycles. The summed E-state index contributed by atoms with van der Waals surface area (Å²) < 4.78 is 2.65. The lowest BCUT2D eigenvalue weighted by Gasteiger charge is -2.51. The van der Waals surface area contributed by atoms with E-state index in [1.54, 1.807) is 0 Å². The minimum atomic E-state index is -0.138. The minimum Gasteiger partial charge on any atom is -0.334 e. The topological polar surface area (TPSA) is 9.72 Å². The monoisotopic (exact) mass is 970 g/mol. The highest BCUT2D eigenvalue weighted by Gasteiger charge is 2.58. The third-order valence-corrected chi connectivity index (χ3v) is 19.0. The minimum absolute atomic E-state index is 0.00633.